The van der Waals surface area contributed by atoms with Crippen LogP contribution in [0.5, 0.6) is 0 Å². The molecular formula is C21H34O. The maximum atomic E-state index is 12.5. The Balaban J connectivity index is 2.05. The molecule has 4 aliphatic rings. The van der Waals surface area contributed by atoms with Gasteiger partial charge in [-0.05, 0) is 73.5 Å². The third-order valence-corrected chi connectivity index (χ3v) is 8.32. The third kappa shape index (κ3) is 2.00. The van der Waals surface area contributed by atoms with Gasteiger partial charge in [-0.25, -0.2) is 0 Å². The molecule has 1 heteroatoms. The topological polar surface area (TPSA) is 17.1 Å². The lowest BCUT2D eigenvalue weighted by molar-refractivity contribution is -0.165. The van der Waals surface area contributed by atoms with Gasteiger partial charge < -0.3 is 4.79 Å². The lowest BCUT2D eigenvalue weighted by Gasteiger charge is -2.65. The molecule has 4 rings (SSSR count). The maximum absolute atomic E-state index is 12.5. The molecule has 0 aromatic carbocycles. The second-order valence-corrected chi connectivity index (χ2v) is 9.24. The molecule has 4 saturated carbocycles. The molecule has 1 spiro atoms. The molecule has 22 heavy (non-hydrogen) atoms. The van der Waals surface area contributed by atoms with Crippen LogP contribution in [0.15, 0.2) is 12.2 Å². The van der Waals surface area contributed by atoms with E-state index in [0.717, 1.165) is 6.42 Å². The summed E-state index contributed by atoms with van der Waals surface area (Å²) in [7, 11) is 0. The summed E-state index contributed by atoms with van der Waals surface area (Å²) >= 11 is 0. The van der Waals surface area contributed by atoms with Crippen LogP contribution in [0.1, 0.15) is 79.1 Å². The van der Waals surface area contributed by atoms with Crippen molar-refractivity contribution in [1.29, 1.82) is 0 Å². The van der Waals surface area contributed by atoms with Crippen molar-refractivity contribution in [2.75, 3.05) is 0 Å². The molecule has 0 aromatic heterocycles. The largest absolute Gasteiger partial charge is 0.303 e. The Kier molecular flexibility index (Phi) is 3.86. The van der Waals surface area contributed by atoms with Crippen LogP contribution in [-0.2, 0) is 4.79 Å². The first-order valence-corrected chi connectivity index (χ1v) is 9.49. The smallest absolute Gasteiger partial charge is 0.126 e. The van der Waals surface area contributed by atoms with Gasteiger partial charge in [-0.15, -0.1) is 0 Å². The Bertz CT molecular complexity index is 476. The molecule has 124 valence electrons. The number of carbonyl (C=O) groups excluding carboxylic acids is 1. The molecule has 0 aromatic rings. The van der Waals surface area contributed by atoms with Crippen LogP contribution in [-0.4, -0.2) is 6.29 Å². The fourth-order valence-electron chi connectivity index (χ4n) is 6.69. The molecule has 5 atom stereocenters. The second-order valence-electron chi connectivity index (χ2n) is 9.24. The third-order valence-electron chi connectivity index (χ3n) is 8.32. The van der Waals surface area contributed by atoms with E-state index < -0.39 is 0 Å². The quantitative estimate of drug-likeness (QED) is 0.474. The fourth-order valence-corrected chi connectivity index (χ4v) is 6.69. The van der Waals surface area contributed by atoms with E-state index in [1.165, 1.54) is 56.8 Å². The molecule has 0 radical (unpaired) electrons. The normalized spacial score (nSPS) is 44.7. The highest BCUT2D eigenvalue weighted by Gasteiger charge is 2.63. The summed E-state index contributed by atoms with van der Waals surface area (Å²) in [5.41, 5.74) is 2.08. The summed E-state index contributed by atoms with van der Waals surface area (Å²) in [6, 6.07) is 0. The average Bonchev–Trinajstić information content (AvgIpc) is 2.52. The number of allylic oxidation sites excluding steroid dienone is 1. The molecule has 0 unspecified atom stereocenters. The monoisotopic (exact) mass is 302 g/mol. The standard InChI is InChI=1S/C21H34O/c1-6-19(4,5)17-9-11-20-10-8-16(15(3)13-20)12-18(20)21(17,7-2)14-22/h14,16-18H,3,6-13H2,1-2,4-5H3/t16-,17+,18+,20+,21-/m0/s1. The van der Waals surface area contributed by atoms with Crippen molar-refractivity contribution in [2.45, 2.75) is 79.1 Å². The van der Waals surface area contributed by atoms with Gasteiger partial charge in [-0.3, -0.25) is 0 Å². The van der Waals surface area contributed by atoms with Crippen molar-refractivity contribution in [2.24, 2.45) is 34.0 Å². The van der Waals surface area contributed by atoms with E-state index in [1.807, 2.05) is 0 Å². The zero-order chi connectivity index (χ0) is 16.2. The highest BCUT2D eigenvalue weighted by molar-refractivity contribution is 5.62. The van der Waals surface area contributed by atoms with Crippen LogP contribution in [0.25, 0.3) is 0 Å². The number of aldehydes is 1. The Morgan fingerprint density at radius 1 is 1.27 bits per heavy atom. The Morgan fingerprint density at radius 2 is 1.95 bits per heavy atom. The lowest BCUT2D eigenvalue weighted by atomic mass is 9.38. The summed E-state index contributed by atoms with van der Waals surface area (Å²) in [5.74, 6) is 1.85. The van der Waals surface area contributed by atoms with Gasteiger partial charge in [0.1, 0.15) is 6.29 Å². The van der Waals surface area contributed by atoms with E-state index in [0.29, 0.717) is 23.2 Å². The first-order valence-electron chi connectivity index (χ1n) is 9.49. The summed E-state index contributed by atoms with van der Waals surface area (Å²) in [6.07, 6.45) is 11.3. The van der Waals surface area contributed by atoms with Crippen LogP contribution in [0.4, 0.5) is 0 Å². The number of rotatable bonds is 4. The van der Waals surface area contributed by atoms with Crippen molar-refractivity contribution in [3.05, 3.63) is 12.2 Å². The molecule has 2 bridgehead atoms. The van der Waals surface area contributed by atoms with Crippen molar-refractivity contribution < 1.29 is 4.79 Å². The fraction of sp³-hybridized carbons (Fsp3) is 0.857. The van der Waals surface area contributed by atoms with Gasteiger partial charge >= 0.3 is 0 Å². The maximum Gasteiger partial charge on any atom is 0.126 e. The molecular weight excluding hydrogens is 268 g/mol. The highest BCUT2D eigenvalue weighted by atomic mass is 16.1. The molecule has 0 amide bonds. The molecule has 0 heterocycles. The van der Waals surface area contributed by atoms with E-state index in [1.54, 1.807) is 0 Å². The lowest BCUT2D eigenvalue weighted by Crippen LogP contribution is -2.59. The summed E-state index contributed by atoms with van der Waals surface area (Å²) in [5, 5.41) is 0. The van der Waals surface area contributed by atoms with Crippen molar-refractivity contribution >= 4 is 6.29 Å². The van der Waals surface area contributed by atoms with Gasteiger partial charge in [-0.2, -0.15) is 0 Å². The molecule has 0 N–H and O–H groups in total. The predicted octanol–water partition coefficient (Wildman–Crippen LogP) is 5.79. The van der Waals surface area contributed by atoms with Gasteiger partial charge in [0.15, 0.2) is 0 Å². The number of fused-ring (bicyclic) bond motifs is 2. The SMILES string of the molecule is C=C1C[C@]23CC[C@H]1C[C@H]2[C@](C=O)(CC)[C@@H](C(C)(C)CC)CC3. The van der Waals surface area contributed by atoms with E-state index in [2.05, 4.69) is 34.3 Å². The Labute approximate surface area is 136 Å². The van der Waals surface area contributed by atoms with Crippen LogP contribution >= 0.6 is 0 Å². The molecule has 0 saturated heterocycles. The minimum Gasteiger partial charge on any atom is -0.303 e. The summed E-state index contributed by atoms with van der Waals surface area (Å²) in [4.78, 5) is 12.5. The molecule has 1 nitrogen and oxygen atoms in total. The minimum absolute atomic E-state index is 0.0862. The first kappa shape index (κ1) is 16.3. The predicted molar refractivity (Wildman–Crippen MR) is 92.6 cm³/mol. The van der Waals surface area contributed by atoms with Gasteiger partial charge in [0, 0.05) is 5.41 Å². The molecule has 4 fully saturated rings. The number of hydrogen-bond acceptors (Lipinski definition) is 1. The Morgan fingerprint density at radius 3 is 2.50 bits per heavy atom. The van der Waals surface area contributed by atoms with Crippen LogP contribution in [0.3, 0.4) is 0 Å². The first-order chi connectivity index (χ1) is 10.3. The highest BCUT2D eigenvalue weighted by Crippen LogP contribution is 2.69. The summed E-state index contributed by atoms with van der Waals surface area (Å²) < 4.78 is 0. The van der Waals surface area contributed by atoms with E-state index in [9.17, 15) is 4.79 Å². The number of hydrogen-bond donors (Lipinski definition) is 0. The van der Waals surface area contributed by atoms with E-state index >= 15 is 0 Å². The average molecular weight is 303 g/mol. The van der Waals surface area contributed by atoms with Gasteiger partial charge in [0.25, 0.3) is 0 Å². The van der Waals surface area contributed by atoms with Crippen molar-refractivity contribution in [3.8, 4) is 0 Å². The molecule has 0 aliphatic heterocycles. The summed E-state index contributed by atoms with van der Waals surface area (Å²) in [6.45, 7) is 13.7. The van der Waals surface area contributed by atoms with Gasteiger partial charge in [0.05, 0.1) is 0 Å². The zero-order valence-electron chi connectivity index (χ0n) is 15.1. The van der Waals surface area contributed by atoms with Crippen molar-refractivity contribution in [3.63, 3.8) is 0 Å². The van der Waals surface area contributed by atoms with Gasteiger partial charge in [-0.1, -0.05) is 46.3 Å². The van der Waals surface area contributed by atoms with Crippen LogP contribution < -0.4 is 0 Å². The van der Waals surface area contributed by atoms with Crippen LogP contribution in [0, 0.1) is 34.0 Å². The van der Waals surface area contributed by atoms with Crippen molar-refractivity contribution in [1.82, 2.24) is 0 Å². The van der Waals surface area contributed by atoms with Gasteiger partial charge in [0.2, 0.25) is 0 Å². The Hall–Kier alpha value is -0.590. The zero-order valence-corrected chi connectivity index (χ0v) is 15.1. The van der Waals surface area contributed by atoms with Crippen LogP contribution in [0.2, 0.25) is 0 Å². The molecule has 4 aliphatic carbocycles. The number of carbonyl (C=O) groups is 1. The second kappa shape index (κ2) is 5.21. The minimum atomic E-state index is -0.0862. The van der Waals surface area contributed by atoms with E-state index in [4.69, 9.17) is 0 Å². The van der Waals surface area contributed by atoms with E-state index in [-0.39, 0.29) is 10.8 Å².